The van der Waals surface area contributed by atoms with E-state index in [1.165, 1.54) is 11.8 Å². The maximum absolute atomic E-state index is 13.6. The monoisotopic (exact) mass is 793 g/mol. The molecule has 20 heteroatoms. The Bertz CT molecular complexity index is 1440. The number of ketones is 2. The predicted octanol–water partition coefficient (Wildman–Crippen LogP) is -4.03. The molecule has 4 amide bonds. The van der Waals surface area contributed by atoms with E-state index in [0.717, 1.165) is 0 Å². The number of rotatable bonds is 18. The van der Waals surface area contributed by atoms with Crippen molar-refractivity contribution in [1.82, 2.24) is 42.9 Å². The third kappa shape index (κ3) is 16.2. The number of hydrogen-bond donors (Lipinski definition) is 12. The molecule has 0 aromatic heterocycles. The summed E-state index contributed by atoms with van der Waals surface area (Å²) in [7, 11) is 0. The van der Waals surface area contributed by atoms with Crippen LogP contribution >= 0.6 is 11.8 Å². The maximum Gasteiger partial charge on any atom is 0.245 e. The van der Waals surface area contributed by atoms with Crippen LogP contribution in [-0.2, 0) is 40.0 Å². The minimum Gasteiger partial charge on any atom is -0.394 e. The minimum atomic E-state index is -1.66. The molecule has 13 N–H and O–H groups in total. The van der Waals surface area contributed by atoms with Gasteiger partial charge >= 0.3 is 0 Å². The van der Waals surface area contributed by atoms with Crippen molar-refractivity contribution in [3.05, 3.63) is 48.2 Å². The van der Waals surface area contributed by atoms with Crippen LogP contribution in [0.15, 0.2) is 42.6 Å². The molecule has 0 radical (unpaired) electrons. The number of carbonyl (C=O) groups excluding carboxylic acids is 7. The molecule has 7 atom stereocenters. The van der Waals surface area contributed by atoms with Gasteiger partial charge in [-0.05, 0) is 56.1 Å². The number of aliphatic hydroxyl groups is 3. The molecule has 1 fully saturated rings. The van der Waals surface area contributed by atoms with Gasteiger partial charge in [-0.2, -0.15) is 11.8 Å². The van der Waals surface area contributed by atoms with Crippen molar-refractivity contribution in [3.8, 4) is 0 Å². The van der Waals surface area contributed by atoms with Crippen LogP contribution < -0.4 is 48.7 Å². The number of carbonyl (C=O) groups is 7. The molecule has 55 heavy (non-hydrogen) atoms. The molecule has 0 spiro atoms. The largest absolute Gasteiger partial charge is 0.394 e. The lowest BCUT2D eigenvalue weighted by molar-refractivity contribution is -0.141. The Morgan fingerprint density at radius 2 is 1.67 bits per heavy atom. The van der Waals surface area contributed by atoms with Gasteiger partial charge in [0.1, 0.15) is 30.5 Å². The number of amides is 4. The number of thioether (sulfide) groups is 1. The molecule has 1 aromatic carbocycles. The predicted molar refractivity (Wildman–Crippen MR) is 203 cm³/mol. The second kappa shape index (κ2) is 25.7. The van der Waals surface area contributed by atoms with Crippen molar-refractivity contribution in [1.29, 1.82) is 0 Å². The van der Waals surface area contributed by atoms with Gasteiger partial charge in [0.15, 0.2) is 0 Å². The van der Waals surface area contributed by atoms with Crippen molar-refractivity contribution < 1.29 is 48.9 Å². The number of nitrogens with one attached hydrogen (secondary N) is 8. The molecule has 2 rings (SSSR count). The second-order valence-corrected chi connectivity index (χ2v) is 13.8. The van der Waals surface area contributed by atoms with E-state index in [4.69, 9.17) is 5.84 Å². The SMILES string of the molecule is C=C1N[C@@H](CO)C(=O)NC(C(=O)N[C@@H](CO)C(=O)C(=O)[C@H](Cc2ccccc2)NN)CCCCNC(=O)CCC(NN[C@H](C=O)CO)C(=O)N[C@H]1CCSC. The summed E-state index contributed by atoms with van der Waals surface area (Å²) in [6.45, 7) is 1.92. The Hall–Kier alpha value is -4.28. The van der Waals surface area contributed by atoms with E-state index in [0.29, 0.717) is 30.4 Å². The first-order valence-electron chi connectivity index (χ1n) is 17.9. The average Bonchev–Trinajstić information content (AvgIpc) is 3.19. The summed E-state index contributed by atoms with van der Waals surface area (Å²) in [4.78, 5) is 90.8. The van der Waals surface area contributed by atoms with Crippen LogP contribution in [-0.4, -0.2) is 137 Å². The Balaban J connectivity index is 2.29. The van der Waals surface area contributed by atoms with E-state index in [2.05, 4.69) is 49.4 Å². The van der Waals surface area contributed by atoms with Gasteiger partial charge in [0.2, 0.25) is 35.2 Å². The van der Waals surface area contributed by atoms with E-state index in [9.17, 15) is 48.9 Å². The number of hydrogen-bond acceptors (Lipinski definition) is 16. The summed E-state index contributed by atoms with van der Waals surface area (Å²) < 4.78 is 0. The van der Waals surface area contributed by atoms with Crippen molar-refractivity contribution in [2.75, 3.05) is 38.4 Å². The number of benzene rings is 1. The number of aldehydes is 1. The van der Waals surface area contributed by atoms with Gasteiger partial charge in [-0.25, -0.2) is 16.3 Å². The molecule has 0 saturated carbocycles. The van der Waals surface area contributed by atoms with Crippen LogP contribution in [0.3, 0.4) is 0 Å². The zero-order chi connectivity index (χ0) is 40.8. The molecule has 1 aliphatic heterocycles. The van der Waals surface area contributed by atoms with E-state index >= 15 is 0 Å². The van der Waals surface area contributed by atoms with Crippen LogP contribution in [0.2, 0.25) is 0 Å². The van der Waals surface area contributed by atoms with Crippen LogP contribution in [0.25, 0.3) is 0 Å². The lowest BCUT2D eigenvalue weighted by Crippen LogP contribution is -2.59. The van der Waals surface area contributed by atoms with Crippen molar-refractivity contribution in [2.24, 2.45) is 5.84 Å². The van der Waals surface area contributed by atoms with Crippen LogP contribution in [0.4, 0.5) is 0 Å². The zero-order valence-electron chi connectivity index (χ0n) is 30.9. The number of aliphatic hydroxyl groups excluding tert-OH is 3. The zero-order valence-corrected chi connectivity index (χ0v) is 31.7. The lowest BCUT2D eigenvalue weighted by Gasteiger charge is -2.29. The summed E-state index contributed by atoms with van der Waals surface area (Å²) in [5, 5.41) is 42.9. The first-order valence-corrected chi connectivity index (χ1v) is 19.3. The molecule has 0 bridgehead atoms. The molecule has 19 nitrogen and oxygen atoms in total. The maximum atomic E-state index is 13.6. The van der Waals surface area contributed by atoms with Crippen LogP contribution in [0.1, 0.15) is 44.1 Å². The summed E-state index contributed by atoms with van der Waals surface area (Å²) in [6, 6.07) is 0.441. The fourth-order valence-electron chi connectivity index (χ4n) is 5.45. The highest BCUT2D eigenvalue weighted by atomic mass is 32.2. The Morgan fingerprint density at radius 1 is 0.964 bits per heavy atom. The number of Topliss-reactive ketones (excluding diaryl/α,β-unsaturated/α-hetero) is 2. The highest BCUT2D eigenvalue weighted by Crippen LogP contribution is 2.11. The Morgan fingerprint density at radius 3 is 2.29 bits per heavy atom. The second-order valence-electron chi connectivity index (χ2n) is 12.8. The molecule has 1 heterocycles. The highest BCUT2D eigenvalue weighted by molar-refractivity contribution is 7.98. The quantitative estimate of drug-likeness (QED) is 0.0292. The molecule has 1 saturated heterocycles. The first-order chi connectivity index (χ1) is 26.4. The number of hydrazine groups is 2. The third-order valence-corrected chi connectivity index (χ3v) is 9.36. The van der Waals surface area contributed by atoms with Gasteiger partial charge in [-0.15, -0.1) is 0 Å². The molecular weight excluding hydrogens is 739 g/mol. The van der Waals surface area contributed by atoms with E-state index in [-0.39, 0.29) is 50.3 Å². The Kier molecular flexibility index (Phi) is 21.9. The summed E-state index contributed by atoms with van der Waals surface area (Å²) in [5.41, 5.74) is 8.44. The molecule has 1 aliphatic rings. The fraction of sp³-hybridized carbons (Fsp3) is 0.571. The van der Waals surface area contributed by atoms with Crippen molar-refractivity contribution >= 4 is 53.2 Å². The normalized spacial score (nSPS) is 22.3. The molecule has 306 valence electrons. The van der Waals surface area contributed by atoms with Crippen molar-refractivity contribution in [2.45, 2.75) is 87.2 Å². The van der Waals surface area contributed by atoms with Crippen LogP contribution in [0.5, 0.6) is 0 Å². The first kappa shape index (κ1) is 46.9. The average molecular weight is 794 g/mol. The van der Waals surface area contributed by atoms with Gasteiger partial charge in [0, 0.05) is 18.7 Å². The Labute approximate surface area is 324 Å². The van der Waals surface area contributed by atoms with E-state index in [1.807, 2.05) is 6.26 Å². The molecule has 2 unspecified atom stereocenters. The summed E-state index contributed by atoms with van der Waals surface area (Å²) >= 11 is 1.47. The topological polar surface area (TPSA) is 302 Å². The van der Waals surface area contributed by atoms with Crippen LogP contribution in [0, 0.1) is 0 Å². The minimum absolute atomic E-state index is 0.000632. The van der Waals surface area contributed by atoms with E-state index in [1.54, 1.807) is 30.3 Å². The lowest BCUT2D eigenvalue weighted by atomic mass is 9.97. The standard InChI is InChI=1S/C35H55N9O10S/c1-21-24(13-15-55-2)39-34(53)26(44-43-23(17-45)18-46)11-12-30(49)37-14-7-6-10-25(40-35(54)29(20-48)38-21)33(52)41-28(19-47)32(51)31(50)27(42-36)16-22-8-4-3-5-9-22/h3-5,8-9,17,23-29,38,42-44,46-48H,1,6-7,10-16,18-20,36H2,2H3,(H,37,49)(H,39,53)(H,40,54)(H,41,52)/t23-,24+,25?,26?,27+,28+,29+/m1/s1. The van der Waals surface area contributed by atoms with Gasteiger partial charge in [0.25, 0.3) is 0 Å². The van der Waals surface area contributed by atoms with Gasteiger partial charge in [-0.1, -0.05) is 36.9 Å². The van der Waals surface area contributed by atoms with Gasteiger partial charge in [-0.3, -0.25) is 34.6 Å². The smallest absolute Gasteiger partial charge is 0.245 e. The van der Waals surface area contributed by atoms with Crippen molar-refractivity contribution in [3.63, 3.8) is 0 Å². The fourth-order valence-corrected chi connectivity index (χ4v) is 5.92. The van der Waals surface area contributed by atoms with E-state index < -0.39 is 91.4 Å². The van der Waals surface area contributed by atoms with Gasteiger partial charge in [0.05, 0.1) is 37.9 Å². The molecular formula is C35H55N9O10S. The number of nitrogens with two attached hydrogens (primary N) is 1. The highest BCUT2D eigenvalue weighted by Gasteiger charge is 2.34. The molecule has 0 aliphatic carbocycles. The summed E-state index contributed by atoms with van der Waals surface area (Å²) in [5.74, 6) is 1.33. The molecule has 1 aromatic rings. The third-order valence-electron chi connectivity index (χ3n) is 8.72. The van der Waals surface area contributed by atoms with Gasteiger partial charge < -0.3 is 46.7 Å². The summed E-state index contributed by atoms with van der Waals surface area (Å²) in [6.07, 6.45) is 3.20.